The molecule has 1 aromatic heterocycles. The van der Waals surface area contributed by atoms with Gasteiger partial charge in [0.1, 0.15) is 6.10 Å². The summed E-state index contributed by atoms with van der Waals surface area (Å²) in [5.41, 5.74) is 5.67. The molecule has 3 N–H and O–H groups in total. The van der Waals surface area contributed by atoms with Gasteiger partial charge in [-0.3, -0.25) is 0 Å². The van der Waals surface area contributed by atoms with Gasteiger partial charge in [-0.1, -0.05) is 18.5 Å². The number of thiophene rings is 1. The van der Waals surface area contributed by atoms with Crippen LogP contribution in [0.25, 0.3) is 0 Å². The van der Waals surface area contributed by atoms with Gasteiger partial charge in [-0.2, -0.15) is 0 Å². The lowest BCUT2D eigenvalue weighted by Crippen LogP contribution is -2.26. The normalized spacial score (nSPS) is 16.0. The Morgan fingerprint density at radius 1 is 1.75 bits per heavy atom. The molecule has 2 nitrogen and oxygen atoms in total. The van der Waals surface area contributed by atoms with E-state index in [9.17, 15) is 5.11 Å². The number of halogens is 1. The predicted molar refractivity (Wildman–Crippen MR) is 52.6 cm³/mol. The van der Waals surface area contributed by atoms with Crippen LogP contribution in [0.3, 0.4) is 0 Å². The maximum absolute atomic E-state index is 9.66. The third-order valence-electron chi connectivity index (χ3n) is 1.79. The van der Waals surface area contributed by atoms with Crippen molar-refractivity contribution in [3.8, 4) is 0 Å². The van der Waals surface area contributed by atoms with Gasteiger partial charge < -0.3 is 10.8 Å². The predicted octanol–water partition coefficient (Wildman–Crippen LogP) is 2.17. The minimum atomic E-state index is -0.623. The molecule has 68 valence electrons. The molecule has 0 aliphatic carbocycles. The summed E-state index contributed by atoms with van der Waals surface area (Å²) in [6.45, 7) is 1.94. The molecule has 0 amide bonds. The van der Waals surface area contributed by atoms with Gasteiger partial charge in [-0.15, -0.1) is 11.3 Å². The van der Waals surface area contributed by atoms with E-state index in [4.69, 9.17) is 17.3 Å². The first-order valence-electron chi connectivity index (χ1n) is 3.83. The van der Waals surface area contributed by atoms with E-state index < -0.39 is 6.10 Å². The Kier molecular flexibility index (Phi) is 3.53. The summed E-state index contributed by atoms with van der Waals surface area (Å²) < 4.78 is 0. The van der Waals surface area contributed by atoms with Crippen molar-refractivity contribution in [2.45, 2.75) is 25.5 Å². The van der Waals surface area contributed by atoms with Crippen molar-refractivity contribution in [2.24, 2.45) is 5.73 Å². The molecule has 1 heterocycles. The van der Waals surface area contributed by atoms with Gasteiger partial charge >= 0.3 is 0 Å². The van der Waals surface area contributed by atoms with Crippen molar-refractivity contribution >= 4 is 22.9 Å². The van der Waals surface area contributed by atoms with Crippen molar-refractivity contribution in [1.82, 2.24) is 0 Å². The standard InChI is InChI=1S/C8H12ClNOS/c1-2-6(10)7(11)8-5(9)3-4-12-8/h3-4,6-7,11H,2,10H2,1H3. The van der Waals surface area contributed by atoms with Crippen LogP contribution in [0.4, 0.5) is 0 Å². The number of hydrogen-bond donors (Lipinski definition) is 2. The second-order valence-electron chi connectivity index (χ2n) is 2.65. The van der Waals surface area contributed by atoms with Crippen LogP contribution in [-0.2, 0) is 0 Å². The van der Waals surface area contributed by atoms with Crippen LogP contribution in [0, 0.1) is 0 Å². The summed E-state index contributed by atoms with van der Waals surface area (Å²) >= 11 is 7.27. The van der Waals surface area contributed by atoms with E-state index in [1.807, 2.05) is 12.3 Å². The van der Waals surface area contributed by atoms with E-state index in [1.54, 1.807) is 6.07 Å². The summed E-state index contributed by atoms with van der Waals surface area (Å²) in [5, 5.41) is 12.1. The van der Waals surface area contributed by atoms with Gasteiger partial charge in [0, 0.05) is 6.04 Å². The molecule has 4 heteroatoms. The van der Waals surface area contributed by atoms with Crippen molar-refractivity contribution in [2.75, 3.05) is 0 Å². The zero-order valence-corrected chi connectivity index (χ0v) is 8.40. The second-order valence-corrected chi connectivity index (χ2v) is 4.00. The molecule has 0 fully saturated rings. The molecule has 0 spiro atoms. The smallest absolute Gasteiger partial charge is 0.105 e. The van der Waals surface area contributed by atoms with Gasteiger partial charge in [0.25, 0.3) is 0 Å². The molecular formula is C8H12ClNOS. The highest BCUT2D eigenvalue weighted by Gasteiger charge is 2.18. The highest BCUT2D eigenvalue weighted by Crippen LogP contribution is 2.30. The summed E-state index contributed by atoms with van der Waals surface area (Å²) in [6, 6.07) is 1.55. The fourth-order valence-electron chi connectivity index (χ4n) is 0.934. The molecule has 0 aliphatic rings. The maximum Gasteiger partial charge on any atom is 0.105 e. The Hall–Kier alpha value is -0.0900. The molecule has 2 unspecified atom stereocenters. The van der Waals surface area contributed by atoms with Gasteiger partial charge in [0.15, 0.2) is 0 Å². The highest BCUT2D eigenvalue weighted by molar-refractivity contribution is 7.10. The molecular weight excluding hydrogens is 194 g/mol. The first kappa shape index (κ1) is 9.99. The second kappa shape index (κ2) is 4.23. The first-order chi connectivity index (χ1) is 5.66. The Morgan fingerprint density at radius 2 is 2.42 bits per heavy atom. The van der Waals surface area contributed by atoms with Crippen molar-refractivity contribution in [3.63, 3.8) is 0 Å². The third kappa shape index (κ3) is 1.98. The molecule has 0 radical (unpaired) electrons. The lowest BCUT2D eigenvalue weighted by molar-refractivity contribution is 0.148. The number of aliphatic hydroxyl groups is 1. The van der Waals surface area contributed by atoms with Crippen molar-refractivity contribution in [3.05, 3.63) is 21.3 Å². The molecule has 12 heavy (non-hydrogen) atoms. The van der Waals surface area contributed by atoms with Gasteiger partial charge in [-0.25, -0.2) is 0 Å². The molecule has 0 aliphatic heterocycles. The topological polar surface area (TPSA) is 46.2 Å². The molecule has 0 aromatic carbocycles. The third-order valence-corrected chi connectivity index (χ3v) is 3.22. The summed E-state index contributed by atoms with van der Waals surface area (Å²) in [6.07, 6.45) is 0.123. The largest absolute Gasteiger partial charge is 0.386 e. The molecule has 1 aromatic rings. The van der Waals surface area contributed by atoms with Gasteiger partial charge in [0.05, 0.1) is 9.90 Å². The monoisotopic (exact) mass is 205 g/mol. The Balaban J connectivity index is 2.77. The molecule has 0 bridgehead atoms. The highest BCUT2D eigenvalue weighted by atomic mass is 35.5. The fraction of sp³-hybridized carbons (Fsp3) is 0.500. The summed E-state index contributed by atoms with van der Waals surface area (Å²) in [7, 11) is 0. The zero-order valence-electron chi connectivity index (χ0n) is 6.83. The van der Waals surface area contributed by atoms with E-state index in [-0.39, 0.29) is 6.04 Å². The number of nitrogens with two attached hydrogens (primary N) is 1. The Bertz CT molecular complexity index is 251. The number of aliphatic hydroxyl groups excluding tert-OH is 1. The van der Waals surface area contributed by atoms with Crippen LogP contribution in [0.15, 0.2) is 11.4 Å². The fourth-order valence-corrected chi connectivity index (χ4v) is 2.16. The van der Waals surface area contributed by atoms with E-state index in [2.05, 4.69) is 0 Å². The number of rotatable bonds is 3. The van der Waals surface area contributed by atoms with E-state index in [0.717, 1.165) is 11.3 Å². The lowest BCUT2D eigenvalue weighted by Gasteiger charge is -2.15. The lowest BCUT2D eigenvalue weighted by atomic mass is 10.1. The van der Waals surface area contributed by atoms with Crippen LogP contribution in [0.1, 0.15) is 24.3 Å². The Morgan fingerprint density at radius 3 is 2.83 bits per heavy atom. The van der Waals surface area contributed by atoms with Crippen LogP contribution in [-0.4, -0.2) is 11.1 Å². The quantitative estimate of drug-likeness (QED) is 0.795. The first-order valence-corrected chi connectivity index (χ1v) is 5.09. The molecule has 0 saturated heterocycles. The summed E-state index contributed by atoms with van der Waals surface area (Å²) in [5.74, 6) is 0. The van der Waals surface area contributed by atoms with Crippen molar-refractivity contribution < 1.29 is 5.11 Å². The number of hydrogen-bond acceptors (Lipinski definition) is 3. The van der Waals surface area contributed by atoms with E-state index >= 15 is 0 Å². The van der Waals surface area contributed by atoms with Crippen LogP contribution < -0.4 is 5.73 Å². The summed E-state index contributed by atoms with van der Waals surface area (Å²) in [4.78, 5) is 0.769. The van der Waals surface area contributed by atoms with E-state index in [0.29, 0.717) is 5.02 Å². The minimum absolute atomic E-state index is 0.221. The van der Waals surface area contributed by atoms with Crippen molar-refractivity contribution in [1.29, 1.82) is 0 Å². The zero-order chi connectivity index (χ0) is 9.14. The van der Waals surface area contributed by atoms with Crippen LogP contribution in [0.5, 0.6) is 0 Å². The van der Waals surface area contributed by atoms with Crippen LogP contribution in [0.2, 0.25) is 5.02 Å². The molecule has 0 saturated carbocycles. The average Bonchev–Trinajstić information content (AvgIpc) is 2.48. The van der Waals surface area contributed by atoms with Crippen LogP contribution >= 0.6 is 22.9 Å². The van der Waals surface area contributed by atoms with Gasteiger partial charge in [0.2, 0.25) is 0 Å². The maximum atomic E-state index is 9.66. The Labute approximate surface area is 81.0 Å². The SMILES string of the molecule is CCC(N)C(O)c1sccc1Cl. The minimum Gasteiger partial charge on any atom is -0.386 e. The average molecular weight is 206 g/mol. The van der Waals surface area contributed by atoms with E-state index in [1.165, 1.54) is 11.3 Å². The molecule has 1 rings (SSSR count). The van der Waals surface area contributed by atoms with Gasteiger partial charge in [-0.05, 0) is 17.9 Å². The molecule has 2 atom stereocenters.